The number of nitrogens with zero attached hydrogens (tertiary/aromatic N) is 4. The molecule has 110 valence electrons. The van der Waals surface area contributed by atoms with Crippen molar-refractivity contribution in [3.63, 3.8) is 0 Å². The van der Waals surface area contributed by atoms with E-state index >= 15 is 0 Å². The van der Waals surface area contributed by atoms with Crippen molar-refractivity contribution in [2.45, 2.75) is 25.3 Å². The molecule has 2 fully saturated rings. The number of amides is 1. The van der Waals surface area contributed by atoms with Crippen molar-refractivity contribution in [3.05, 3.63) is 11.9 Å². The van der Waals surface area contributed by atoms with Crippen LogP contribution in [0.5, 0.6) is 0 Å². The first-order valence-electron chi connectivity index (χ1n) is 7.47. The molecule has 1 amide bonds. The third-order valence-electron chi connectivity index (χ3n) is 4.04. The van der Waals surface area contributed by atoms with E-state index in [9.17, 15) is 4.79 Å². The molecule has 0 radical (unpaired) electrons. The van der Waals surface area contributed by atoms with Gasteiger partial charge >= 0.3 is 0 Å². The van der Waals surface area contributed by atoms with Gasteiger partial charge in [-0.3, -0.25) is 4.79 Å². The Labute approximate surface area is 118 Å². The van der Waals surface area contributed by atoms with E-state index in [1.54, 1.807) is 0 Å². The Bertz CT molecular complexity index is 445. The summed E-state index contributed by atoms with van der Waals surface area (Å²) in [5.74, 6) is 0.00823. The molecule has 20 heavy (non-hydrogen) atoms. The standard InChI is InChI=1S/C13H22N6O/c20-13(18-8-1-4-14-7-9-18)12-10-19(17-16-12)11-2-5-15-6-3-11/h10-11,14-15H,1-9H2. The minimum Gasteiger partial charge on any atom is -0.336 e. The Morgan fingerprint density at radius 2 is 1.95 bits per heavy atom. The van der Waals surface area contributed by atoms with Crippen LogP contribution >= 0.6 is 0 Å². The molecule has 1 aromatic rings. The lowest BCUT2D eigenvalue weighted by molar-refractivity contribution is 0.0760. The molecular formula is C13H22N6O. The van der Waals surface area contributed by atoms with Crippen molar-refractivity contribution in [2.75, 3.05) is 39.3 Å². The van der Waals surface area contributed by atoms with E-state index in [2.05, 4.69) is 20.9 Å². The Morgan fingerprint density at radius 1 is 1.15 bits per heavy atom. The van der Waals surface area contributed by atoms with Gasteiger partial charge in [0.1, 0.15) is 0 Å². The quantitative estimate of drug-likeness (QED) is 0.772. The van der Waals surface area contributed by atoms with Crippen molar-refractivity contribution < 1.29 is 4.79 Å². The van der Waals surface area contributed by atoms with Gasteiger partial charge in [0.2, 0.25) is 0 Å². The van der Waals surface area contributed by atoms with E-state index in [-0.39, 0.29) is 5.91 Å². The Kier molecular flexibility index (Phi) is 4.27. The van der Waals surface area contributed by atoms with Gasteiger partial charge in [0.05, 0.1) is 12.2 Å². The predicted octanol–water partition coefficient (Wildman–Crippen LogP) is -0.362. The molecule has 2 saturated heterocycles. The highest BCUT2D eigenvalue weighted by atomic mass is 16.2. The smallest absolute Gasteiger partial charge is 0.276 e. The maximum absolute atomic E-state index is 12.4. The first-order valence-corrected chi connectivity index (χ1v) is 7.47. The van der Waals surface area contributed by atoms with Crippen LogP contribution in [0.2, 0.25) is 0 Å². The second-order valence-electron chi connectivity index (χ2n) is 5.46. The fourth-order valence-electron chi connectivity index (χ4n) is 2.84. The summed E-state index contributed by atoms with van der Waals surface area (Å²) in [5, 5.41) is 14.9. The first kappa shape index (κ1) is 13.5. The van der Waals surface area contributed by atoms with E-state index in [0.29, 0.717) is 11.7 Å². The van der Waals surface area contributed by atoms with Crippen molar-refractivity contribution >= 4 is 5.91 Å². The predicted molar refractivity (Wildman–Crippen MR) is 74.6 cm³/mol. The molecule has 0 bridgehead atoms. The van der Waals surface area contributed by atoms with Crippen LogP contribution in [0, 0.1) is 0 Å². The van der Waals surface area contributed by atoms with Crippen molar-refractivity contribution in [1.29, 1.82) is 0 Å². The van der Waals surface area contributed by atoms with Crippen LogP contribution in [0.15, 0.2) is 6.20 Å². The van der Waals surface area contributed by atoms with Crippen molar-refractivity contribution in [2.24, 2.45) is 0 Å². The summed E-state index contributed by atoms with van der Waals surface area (Å²) < 4.78 is 1.87. The van der Waals surface area contributed by atoms with E-state index in [1.165, 1.54) is 0 Å². The normalized spacial score (nSPS) is 21.7. The maximum Gasteiger partial charge on any atom is 0.276 e. The number of carbonyl (C=O) groups is 1. The molecule has 7 nitrogen and oxygen atoms in total. The van der Waals surface area contributed by atoms with Crippen LogP contribution < -0.4 is 10.6 Å². The van der Waals surface area contributed by atoms with Crippen LogP contribution in [-0.2, 0) is 0 Å². The molecular weight excluding hydrogens is 256 g/mol. The molecule has 3 heterocycles. The fraction of sp³-hybridized carbons (Fsp3) is 0.769. The zero-order valence-corrected chi connectivity index (χ0v) is 11.7. The van der Waals surface area contributed by atoms with Gasteiger partial charge in [-0.25, -0.2) is 4.68 Å². The molecule has 2 aliphatic rings. The summed E-state index contributed by atoms with van der Waals surface area (Å²) in [5.41, 5.74) is 0.477. The largest absolute Gasteiger partial charge is 0.336 e. The highest BCUT2D eigenvalue weighted by Gasteiger charge is 2.22. The van der Waals surface area contributed by atoms with E-state index in [4.69, 9.17) is 0 Å². The van der Waals surface area contributed by atoms with Gasteiger partial charge in [0, 0.05) is 19.6 Å². The van der Waals surface area contributed by atoms with Gasteiger partial charge in [0.15, 0.2) is 5.69 Å². The van der Waals surface area contributed by atoms with Crippen LogP contribution in [0.25, 0.3) is 0 Å². The van der Waals surface area contributed by atoms with Crippen LogP contribution in [0.4, 0.5) is 0 Å². The topological polar surface area (TPSA) is 75.1 Å². The van der Waals surface area contributed by atoms with E-state index in [0.717, 1.165) is 58.5 Å². The van der Waals surface area contributed by atoms with Gasteiger partial charge in [-0.15, -0.1) is 5.10 Å². The summed E-state index contributed by atoms with van der Waals surface area (Å²) in [6.45, 7) is 5.39. The second-order valence-corrected chi connectivity index (χ2v) is 5.46. The highest BCUT2D eigenvalue weighted by Crippen LogP contribution is 2.17. The van der Waals surface area contributed by atoms with Crippen LogP contribution in [0.1, 0.15) is 35.8 Å². The Morgan fingerprint density at radius 3 is 2.80 bits per heavy atom. The van der Waals surface area contributed by atoms with Gasteiger partial charge in [-0.1, -0.05) is 5.21 Å². The van der Waals surface area contributed by atoms with E-state index < -0.39 is 0 Å². The van der Waals surface area contributed by atoms with Crippen molar-refractivity contribution in [1.82, 2.24) is 30.5 Å². The number of hydrogen-bond acceptors (Lipinski definition) is 5. The molecule has 1 aromatic heterocycles. The summed E-state index contributed by atoms with van der Waals surface area (Å²) >= 11 is 0. The number of aromatic nitrogens is 3. The number of nitrogens with one attached hydrogen (secondary N) is 2. The van der Waals surface area contributed by atoms with Gasteiger partial charge in [-0.2, -0.15) is 0 Å². The number of carbonyl (C=O) groups excluding carboxylic acids is 1. The SMILES string of the molecule is O=C(c1cn(C2CCNCC2)nn1)N1CCCNCC1. The average Bonchev–Trinajstić information content (AvgIpc) is 2.83. The molecule has 0 spiro atoms. The number of rotatable bonds is 2. The summed E-state index contributed by atoms with van der Waals surface area (Å²) in [6.07, 6.45) is 4.90. The highest BCUT2D eigenvalue weighted by molar-refractivity contribution is 5.91. The molecule has 0 aromatic carbocycles. The third kappa shape index (κ3) is 2.99. The molecule has 3 rings (SSSR count). The minimum absolute atomic E-state index is 0.00823. The molecule has 0 atom stereocenters. The Balaban J connectivity index is 1.67. The molecule has 0 aliphatic carbocycles. The molecule has 0 unspecified atom stereocenters. The third-order valence-corrected chi connectivity index (χ3v) is 4.04. The lowest BCUT2D eigenvalue weighted by atomic mass is 10.1. The van der Waals surface area contributed by atoms with Gasteiger partial charge in [-0.05, 0) is 38.9 Å². The Hall–Kier alpha value is -1.47. The lowest BCUT2D eigenvalue weighted by Crippen LogP contribution is -2.34. The monoisotopic (exact) mass is 278 g/mol. The van der Waals surface area contributed by atoms with Crippen LogP contribution in [0.3, 0.4) is 0 Å². The summed E-state index contributed by atoms with van der Waals surface area (Å²) in [4.78, 5) is 14.3. The fourth-order valence-corrected chi connectivity index (χ4v) is 2.84. The molecule has 7 heteroatoms. The van der Waals surface area contributed by atoms with Gasteiger partial charge < -0.3 is 15.5 Å². The zero-order chi connectivity index (χ0) is 13.8. The van der Waals surface area contributed by atoms with Gasteiger partial charge in [0.25, 0.3) is 5.91 Å². The first-order chi connectivity index (χ1) is 9.84. The lowest BCUT2D eigenvalue weighted by Gasteiger charge is -2.22. The minimum atomic E-state index is 0.00823. The summed E-state index contributed by atoms with van der Waals surface area (Å²) in [7, 11) is 0. The zero-order valence-electron chi connectivity index (χ0n) is 11.7. The molecule has 0 saturated carbocycles. The molecule has 2 aliphatic heterocycles. The maximum atomic E-state index is 12.4. The molecule has 2 N–H and O–H groups in total. The second kappa shape index (κ2) is 6.32. The number of hydrogen-bond donors (Lipinski definition) is 2. The number of piperidine rings is 1. The van der Waals surface area contributed by atoms with E-state index in [1.807, 2.05) is 15.8 Å². The summed E-state index contributed by atoms with van der Waals surface area (Å²) in [6, 6.07) is 0.371. The van der Waals surface area contributed by atoms with Crippen molar-refractivity contribution in [3.8, 4) is 0 Å². The average molecular weight is 278 g/mol. The van der Waals surface area contributed by atoms with Crippen LogP contribution in [-0.4, -0.2) is 65.1 Å².